The van der Waals surface area contributed by atoms with Gasteiger partial charge in [0.05, 0.1) is 20.1 Å². The van der Waals surface area contributed by atoms with Crippen LogP contribution in [0.1, 0.15) is 81.7 Å². The fraction of sp³-hybridized carbons (Fsp3) is 0.219. The molecule has 2 N–H and O–H groups in total. The maximum absolute atomic E-state index is 11.9. The normalized spacial score (nSPS) is 20.1. The van der Waals surface area contributed by atoms with Crippen molar-refractivity contribution in [3.05, 3.63) is 138 Å². The zero-order valence-corrected chi connectivity index (χ0v) is 23.7. The number of hydrogen-bond donors (Lipinski definition) is 1. The topological polar surface area (TPSA) is 43.1 Å². The number of benzene rings is 4. The molecule has 0 aromatic heterocycles. The molecule has 0 saturated carbocycles. The van der Waals surface area contributed by atoms with Crippen LogP contribution in [0.4, 0.5) is 0 Å². The molecule has 2 nitrogen and oxygen atoms in total. The van der Waals surface area contributed by atoms with Crippen molar-refractivity contribution in [1.82, 2.24) is 0 Å². The number of ketones is 1. The van der Waals surface area contributed by atoms with Crippen LogP contribution < -0.4 is 5.73 Å². The van der Waals surface area contributed by atoms with E-state index in [-0.39, 0.29) is 17.7 Å². The molecule has 4 aromatic rings. The molecule has 2 aliphatic rings. The zero-order chi connectivity index (χ0) is 26.8. The summed E-state index contributed by atoms with van der Waals surface area (Å²) in [5.41, 5.74) is 13.0. The first kappa shape index (κ1) is 27.2. The number of carbonyl (C=O) groups is 1. The van der Waals surface area contributed by atoms with E-state index in [2.05, 4.69) is 30.3 Å². The first-order valence-corrected chi connectivity index (χ1v) is 14.2. The van der Waals surface area contributed by atoms with Crippen molar-refractivity contribution in [1.29, 1.82) is 0 Å². The zero-order valence-electron chi connectivity index (χ0n) is 20.6. The molecule has 4 aromatic carbocycles. The molecule has 38 heavy (non-hydrogen) atoms. The Morgan fingerprint density at radius 2 is 1.11 bits per heavy atom. The molecule has 0 fully saturated rings. The van der Waals surface area contributed by atoms with E-state index in [1.165, 1.54) is 16.7 Å². The van der Waals surface area contributed by atoms with Gasteiger partial charge in [0.2, 0.25) is 0 Å². The SMILES string of the molecule is N[C@@H]1CCC(c2ccc(Cl)c(Cl)c2)c2ccccc21.O=C1CCC(c2ccc(Cl)c(Cl)c2)c2ccccc21. The minimum atomic E-state index is 0.148. The van der Waals surface area contributed by atoms with Crippen LogP contribution in [0.25, 0.3) is 0 Å². The summed E-state index contributed by atoms with van der Waals surface area (Å²) in [6.45, 7) is 0. The molecular weight excluding hydrogens is 556 g/mol. The van der Waals surface area contributed by atoms with Gasteiger partial charge >= 0.3 is 0 Å². The van der Waals surface area contributed by atoms with E-state index < -0.39 is 0 Å². The van der Waals surface area contributed by atoms with Crippen LogP contribution >= 0.6 is 46.4 Å². The van der Waals surface area contributed by atoms with E-state index in [9.17, 15) is 4.79 Å². The summed E-state index contributed by atoms with van der Waals surface area (Å²) in [5, 5.41) is 2.34. The van der Waals surface area contributed by atoms with E-state index in [4.69, 9.17) is 52.1 Å². The van der Waals surface area contributed by atoms with Gasteiger partial charge in [0.25, 0.3) is 0 Å². The van der Waals surface area contributed by atoms with Crippen molar-refractivity contribution in [3.63, 3.8) is 0 Å². The smallest absolute Gasteiger partial charge is 0.163 e. The lowest BCUT2D eigenvalue weighted by Crippen LogP contribution is -2.20. The Bertz CT molecular complexity index is 1480. The van der Waals surface area contributed by atoms with Crippen LogP contribution in [-0.4, -0.2) is 5.78 Å². The van der Waals surface area contributed by atoms with Gasteiger partial charge in [-0.15, -0.1) is 0 Å². The molecule has 6 heteroatoms. The number of hydrogen-bond acceptors (Lipinski definition) is 2. The van der Waals surface area contributed by atoms with Crippen LogP contribution in [0.2, 0.25) is 20.1 Å². The third-order valence-corrected chi connectivity index (χ3v) is 9.00. The lowest BCUT2D eigenvalue weighted by Gasteiger charge is -2.30. The van der Waals surface area contributed by atoms with Crippen molar-refractivity contribution in [2.24, 2.45) is 5.73 Å². The van der Waals surface area contributed by atoms with Crippen LogP contribution in [0, 0.1) is 0 Å². The summed E-state index contributed by atoms with van der Waals surface area (Å²) in [7, 11) is 0. The van der Waals surface area contributed by atoms with Crippen LogP contribution in [-0.2, 0) is 0 Å². The van der Waals surface area contributed by atoms with Crippen molar-refractivity contribution >= 4 is 52.2 Å². The van der Waals surface area contributed by atoms with Gasteiger partial charge in [-0.1, -0.05) is 107 Å². The number of nitrogens with two attached hydrogens (primary N) is 1. The Kier molecular flexibility index (Phi) is 8.47. The van der Waals surface area contributed by atoms with Gasteiger partial charge in [0.1, 0.15) is 0 Å². The van der Waals surface area contributed by atoms with E-state index >= 15 is 0 Å². The molecule has 0 radical (unpaired) electrons. The average Bonchev–Trinajstić information content (AvgIpc) is 2.93. The fourth-order valence-electron chi connectivity index (χ4n) is 5.59. The first-order valence-electron chi connectivity index (χ1n) is 12.7. The molecule has 0 saturated heterocycles. The molecule has 6 rings (SSSR count). The van der Waals surface area contributed by atoms with E-state index in [0.29, 0.717) is 32.4 Å². The first-order chi connectivity index (χ1) is 18.3. The number of carbonyl (C=O) groups excluding carboxylic acids is 1. The van der Waals surface area contributed by atoms with Crippen molar-refractivity contribution < 1.29 is 4.79 Å². The highest BCUT2D eigenvalue weighted by molar-refractivity contribution is 6.42. The maximum atomic E-state index is 11.9. The number of fused-ring (bicyclic) bond motifs is 2. The molecule has 194 valence electrons. The summed E-state index contributed by atoms with van der Waals surface area (Å²) < 4.78 is 0. The molecule has 0 amide bonds. The predicted octanol–water partition coefficient (Wildman–Crippen LogP) is 10.0. The third-order valence-electron chi connectivity index (χ3n) is 7.53. The Morgan fingerprint density at radius 3 is 1.71 bits per heavy atom. The summed E-state index contributed by atoms with van der Waals surface area (Å²) in [6, 6.07) is 28.0. The van der Waals surface area contributed by atoms with E-state index in [0.717, 1.165) is 36.0 Å². The Hall–Kier alpha value is -2.33. The maximum Gasteiger partial charge on any atom is 0.163 e. The minimum Gasteiger partial charge on any atom is -0.324 e. The monoisotopic (exact) mass is 581 g/mol. The molecule has 2 aliphatic carbocycles. The number of Topliss-reactive ketones (excluding diaryl/α,β-unsaturated/α-hetero) is 1. The van der Waals surface area contributed by atoms with Gasteiger partial charge in [-0.3, -0.25) is 4.79 Å². The third kappa shape index (κ3) is 5.66. The standard InChI is InChI=1S/C16H15Cl2N.C16H12Cl2O/c2*17-14-7-5-10(9-15(14)18)11-6-8-16(19)13-4-2-1-3-12(11)13/h1-5,7,9,11,16H,6,8,19H2;1-5,7,9,11H,6,8H2/t11?,16-;/m1./s1. The summed E-state index contributed by atoms with van der Waals surface area (Å²) in [5.74, 6) is 0.821. The van der Waals surface area contributed by atoms with Crippen LogP contribution in [0.3, 0.4) is 0 Å². The van der Waals surface area contributed by atoms with Gasteiger partial charge in [-0.05, 0) is 71.3 Å². The van der Waals surface area contributed by atoms with E-state index in [1.54, 1.807) is 0 Å². The lowest BCUT2D eigenvalue weighted by atomic mass is 9.77. The molecule has 0 spiro atoms. The Morgan fingerprint density at radius 1 is 0.579 bits per heavy atom. The largest absolute Gasteiger partial charge is 0.324 e. The lowest BCUT2D eigenvalue weighted by molar-refractivity contribution is 0.0969. The second-order valence-electron chi connectivity index (χ2n) is 9.81. The van der Waals surface area contributed by atoms with Gasteiger partial charge in [-0.25, -0.2) is 0 Å². The van der Waals surface area contributed by atoms with Crippen molar-refractivity contribution in [2.45, 2.75) is 43.6 Å². The highest BCUT2D eigenvalue weighted by Crippen LogP contribution is 2.41. The predicted molar refractivity (Wildman–Crippen MR) is 159 cm³/mol. The fourth-order valence-corrected chi connectivity index (χ4v) is 6.21. The molecule has 0 heterocycles. The molecule has 0 bridgehead atoms. The van der Waals surface area contributed by atoms with E-state index in [1.807, 2.05) is 54.6 Å². The number of rotatable bonds is 2. The summed E-state index contributed by atoms with van der Waals surface area (Å²) >= 11 is 24.2. The van der Waals surface area contributed by atoms with Gasteiger partial charge in [0, 0.05) is 29.9 Å². The van der Waals surface area contributed by atoms with Gasteiger partial charge in [0.15, 0.2) is 5.78 Å². The minimum absolute atomic E-state index is 0.148. The van der Waals surface area contributed by atoms with Crippen LogP contribution in [0.15, 0.2) is 84.9 Å². The second-order valence-corrected chi connectivity index (χ2v) is 11.4. The van der Waals surface area contributed by atoms with Gasteiger partial charge < -0.3 is 5.73 Å². The quantitative estimate of drug-likeness (QED) is 0.255. The van der Waals surface area contributed by atoms with Crippen molar-refractivity contribution in [3.8, 4) is 0 Å². The molecule has 0 aliphatic heterocycles. The second kappa shape index (κ2) is 11.8. The number of halogens is 4. The van der Waals surface area contributed by atoms with Crippen molar-refractivity contribution in [2.75, 3.05) is 0 Å². The molecular formula is C32H27Cl4NO. The molecule has 3 atom stereocenters. The summed E-state index contributed by atoms with van der Waals surface area (Å²) in [4.78, 5) is 11.9. The highest BCUT2D eigenvalue weighted by atomic mass is 35.5. The Labute approximate surface area is 243 Å². The van der Waals surface area contributed by atoms with Crippen LogP contribution in [0.5, 0.6) is 0 Å². The summed E-state index contributed by atoms with van der Waals surface area (Å²) in [6.07, 6.45) is 3.47. The average molecular weight is 583 g/mol. The highest BCUT2D eigenvalue weighted by Gasteiger charge is 2.27. The Balaban J connectivity index is 0.000000155. The molecule has 2 unspecified atom stereocenters. The van der Waals surface area contributed by atoms with Gasteiger partial charge in [-0.2, -0.15) is 0 Å².